The fourth-order valence-electron chi connectivity index (χ4n) is 3.73. The van der Waals surface area contributed by atoms with Crippen molar-refractivity contribution in [3.05, 3.63) is 54.2 Å². The van der Waals surface area contributed by atoms with Crippen LogP contribution in [0.5, 0.6) is 11.5 Å². The first kappa shape index (κ1) is 21.4. The molecule has 0 radical (unpaired) electrons. The van der Waals surface area contributed by atoms with Gasteiger partial charge in [-0.1, -0.05) is 0 Å². The average molecular weight is 431 g/mol. The fraction of sp³-hybridized carbons (Fsp3) is 0.292. The lowest BCUT2D eigenvalue weighted by molar-refractivity contribution is 0.311. The molecule has 2 heterocycles. The van der Waals surface area contributed by atoms with E-state index in [-0.39, 0.29) is 0 Å². The highest BCUT2D eigenvalue weighted by Crippen LogP contribution is 2.33. The minimum atomic E-state index is 0.461. The lowest BCUT2D eigenvalue weighted by atomic mass is 10.1. The van der Waals surface area contributed by atoms with Crippen LogP contribution in [0.25, 0.3) is 11.3 Å². The third-order valence-corrected chi connectivity index (χ3v) is 5.55. The van der Waals surface area contributed by atoms with E-state index in [1.165, 1.54) is 0 Å². The molecule has 1 fully saturated rings. The minimum Gasteiger partial charge on any atom is -0.495 e. The summed E-state index contributed by atoms with van der Waals surface area (Å²) in [6.07, 6.45) is 1.69. The van der Waals surface area contributed by atoms with Crippen LogP contribution in [0.4, 0.5) is 17.3 Å². The molecule has 0 atom stereocenters. The van der Waals surface area contributed by atoms with Crippen LogP contribution in [0.3, 0.4) is 0 Å². The summed E-state index contributed by atoms with van der Waals surface area (Å²) < 4.78 is 10.9. The fourth-order valence-corrected chi connectivity index (χ4v) is 3.73. The number of rotatable bonds is 6. The topological polar surface area (TPSA) is 86.5 Å². The Morgan fingerprint density at radius 2 is 1.75 bits per heavy atom. The molecule has 1 N–H and O–H groups in total. The third kappa shape index (κ3) is 4.58. The highest BCUT2D eigenvalue weighted by Gasteiger charge is 2.18. The second kappa shape index (κ2) is 9.54. The molecule has 0 aliphatic carbocycles. The van der Waals surface area contributed by atoms with E-state index in [4.69, 9.17) is 9.47 Å². The van der Waals surface area contributed by atoms with Gasteiger partial charge in [0.15, 0.2) is 0 Å². The van der Waals surface area contributed by atoms with E-state index in [9.17, 15) is 5.26 Å². The van der Waals surface area contributed by atoms with Crippen LogP contribution < -0.4 is 19.7 Å². The molecule has 0 saturated carbocycles. The van der Waals surface area contributed by atoms with Crippen molar-refractivity contribution in [2.24, 2.45) is 0 Å². The molecule has 1 aliphatic heterocycles. The largest absolute Gasteiger partial charge is 0.495 e. The van der Waals surface area contributed by atoms with Crippen LogP contribution in [0.2, 0.25) is 0 Å². The molecule has 2 aromatic carbocycles. The molecule has 1 aromatic heterocycles. The highest BCUT2D eigenvalue weighted by atomic mass is 16.5. The number of hydrogen-bond donors (Lipinski definition) is 1. The summed E-state index contributed by atoms with van der Waals surface area (Å²) in [6.45, 7) is 4.00. The van der Waals surface area contributed by atoms with Gasteiger partial charge < -0.3 is 24.6 Å². The van der Waals surface area contributed by atoms with Crippen molar-refractivity contribution < 1.29 is 9.47 Å². The lowest BCUT2D eigenvalue weighted by Crippen LogP contribution is -2.44. The smallest absolute Gasteiger partial charge is 0.227 e. The molecular formula is C24H26N6O2. The number of ether oxygens (including phenoxy) is 2. The molecule has 1 aliphatic rings. The van der Waals surface area contributed by atoms with Crippen LogP contribution in [0.15, 0.2) is 48.7 Å². The number of hydrogen-bond acceptors (Lipinski definition) is 8. The summed E-state index contributed by atoms with van der Waals surface area (Å²) in [5.41, 5.74) is 3.91. The first-order chi connectivity index (χ1) is 15.6. The zero-order valence-electron chi connectivity index (χ0n) is 18.5. The lowest BCUT2D eigenvalue weighted by Gasteiger charge is -2.34. The molecular weight excluding hydrogens is 404 g/mol. The van der Waals surface area contributed by atoms with E-state index in [0.717, 1.165) is 48.9 Å². The zero-order valence-corrected chi connectivity index (χ0v) is 18.5. The Labute approximate surface area is 188 Å². The molecule has 8 nitrogen and oxygen atoms in total. The van der Waals surface area contributed by atoms with Gasteiger partial charge in [-0.3, -0.25) is 0 Å². The van der Waals surface area contributed by atoms with Crippen LogP contribution >= 0.6 is 0 Å². The predicted molar refractivity (Wildman–Crippen MR) is 125 cm³/mol. The first-order valence-electron chi connectivity index (χ1n) is 10.4. The molecule has 0 bridgehead atoms. The number of anilines is 3. The highest BCUT2D eigenvalue weighted by molar-refractivity contribution is 5.69. The van der Waals surface area contributed by atoms with Crippen molar-refractivity contribution in [3.8, 4) is 28.8 Å². The Morgan fingerprint density at radius 1 is 0.969 bits per heavy atom. The molecule has 8 heteroatoms. The van der Waals surface area contributed by atoms with Gasteiger partial charge in [0.1, 0.15) is 17.6 Å². The van der Waals surface area contributed by atoms with E-state index >= 15 is 0 Å². The number of nitrogens with one attached hydrogen (secondary N) is 1. The van der Waals surface area contributed by atoms with Gasteiger partial charge >= 0.3 is 0 Å². The standard InChI is InChI=1S/C24H26N6O2/c1-29-10-12-30(13-11-29)21-6-5-19(15-23(21)32-3)27-24-26-9-8-20(28-24)17-4-7-22(31-2)18(14-17)16-25/h4-9,14-15H,10-13H2,1-3H3,(H,26,27,28). The number of methoxy groups -OCH3 is 2. The van der Waals surface area contributed by atoms with Gasteiger partial charge in [0.05, 0.1) is 31.2 Å². The zero-order chi connectivity index (χ0) is 22.5. The van der Waals surface area contributed by atoms with Crippen molar-refractivity contribution in [1.82, 2.24) is 14.9 Å². The van der Waals surface area contributed by atoms with E-state index in [1.807, 2.05) is 24.3 Å². The maximum atomic E-state index is 9.36. The molecule has 164 valence electrons. The first-order valence-corrected chi connectivity index (χ1v) is 10.4. The van der Waals surface area contributed by atoms with Gasteiger partial charge in [-0.05, 0) is 43.4 Å². The van der Waals surface area contributed by atoms with Gasteiger partial charge in [0, 0.05) is 49.7 Å². The number of aromatic nitrogens is 2. The maximum absolute atomic E-state index is 9.36. The van der Waals surface area contributed by atoms with Crippen molar-refractivity contribution in [1.29, 1.82) is 5.26 Å². The van der Waals surface area contributed by atoms with Gasteiger partial charge in [-0.25, -0.2) is 9.97 Å². The molecule has 0 spiro atoms. The quantitative estimate of drug-likeness (QED) is 0.636. The van der Waals surface area contributed by atoms with E-state index in [1.54, 1.807) is 32.5 Å². The van der Waals surface area contributed by atoms with Crippen molar-refractivity contribution in [3.63, 3.8) is 0 Å². The van der Waals surface area contributed by atoms with E-state index < -0.39 is 0 Å². The number of benzene rings is 2. The van der Waals surface area contributed by atoms with Crippen LogP contribution in [0.1, 0.15) is 5.56 Å². The number of piperazine rings is 1. The summed E-state index contributed by atoms with van der Waals surface area (Å²) in [4.78, 5) is 13.6. The summed E-state index contributed by atoms with van der Waals surface area (Å²) >= 11 is 0. The summed E-state index contributed by atoms with van der Waals surface area (Å²) in [5.74, 6) is 1.81. The molecule has 3 aromatic rings. The molecule has 0 unspecified atom stereocenters. The van der Waals surface area contributed by atoms with Gasteiger partial charge in [0.2, 0.25) is 5.95 Å². The Morgan fingerprint density at radius 3 is 2.47 bits per heavy atom. The van der Waals surface area contributed by atoms with E-state index in [0.29, 0.717) is 23.0 Å². The van der Waals surface area contributed by atoms with Crippen molar-refractivity contribution in [2.75, 3.05) is 57.7 Å². The number of likely N-dealkylation sites (N-methyl/N-ethyl adjacent to an activating group) is 1. The normalized spacial score (nSPS) is 14.0. The number of nitrogens with zero attached hydrogens (tertiary/aromatic N) is 5. The van der Waals surface area contributed by atoms with Gasteiger partial charge in [-0.15, -0.1) is 0 Å². The second-order valence-electron chi connectivity index (χ2n) is 7.59. The van der Waals surface area contributed by atoms with Crippen LogP contribution in [0, 0.1) is 11.3 Å². The Kier molecular flexibility index (Phi) is 6.38. The Bertz CT molecular complexity index is 1140. The number of nitriles is 1. The van der Waals surface area contributed by atoms with Gasteiger partial charge in [-0.2, -0.15) is 5.26 Å². The van der Waals surface area contributed by atoms with Gasteiger partial charge in [0.25, 0.3) is 0 Å². The predicted octanol–water partition coefficient (Wildman–Crippen LogP) is 3.53. The van der Waals surface area contributed by atoms with Crippen LogP contribution in [-0.4, -0.2) is 62.3 Å². The van der Waals surface area contributed by atoms with Crippen molar-refractivity contribution >= 4 is 17.3 Å². The average Bonchev–Trinajstić information content (AvgIpc) is 2.84. The monoisotopic (exact) mass is 430 g/mol. The van der Waals surface area contributed by atoms with Crippen molar-refractivity contribution in [2.45, 2.75) is 0 Å². The Balaban J connectivity index is 1.55. The Hall–Kier alpha value is -3.83. The maximum Gasteiger partial charge on any atom is 0.227 e. The second-order valence-corrected chi connectivity index (χ2v) is 7.59. The molecule has 32 heavy (non-hydrogen) atoms. The molecule has 0 amide bonds. The van der Waals surface area contributed by atoms with Crippen LogP contribution in [-0.2, 0) is 0 Å². The minimum absolute atomic E-state index is 0.461. The summed E-state index contributed by atoms with van der Waals surface area (Å²) in [7, 11) is 5.38. The third-order valence-electron chi connectivity index (χ3n) is 5.55. The summed E-state index contributed by atoms with van der Waals surface area (Å²) in [5, 5.41) is 12.6. The molecule has 1 saturated heterocycles. The SMILES string of the molecule is COc1ccc(-c2ccnc(Nc3ccc(N4CCN(C)CC4)c(OC)c3)n2)cc1C#N. The summed E-state index contributed by atoms with van der Waals surface area (Å²) in [6, 6.07) is 15.4. The molecule has 4 rings (SSSR count). The van der Waals surface area contributed by atoms with E-state index in [2.05, 4.69) is 44.3 Å².